The maximum Gasteiger partial charge on any atom is 0.132 e. The van der Waals surface area contributed by atoms with E-state index >= 15 is 0 Å². The summed E-state index contributed by atoms with van der Waals surface area (Å²) in [5, 5.41) is 3.53. The zero-order valence-electron chi connectivity index (χ0n) is 15.1. The molecule has 1 aromatic carbocycles. The average Bonchev–Trinajstić information content (AvgIpc) is 2.81. The van der Waals surface area contributed by atoms with Crippen LogP contribution in [-0.2, 0) is 0 Å². The lowest BCUT2D eigenvalue weighted by Gasteiger charge is -2.28. The number of ether oxygens (including phenoxy) is 2. The van der Waals surface area contributed by atoms with E-state index in [-0.39, 0.29) is 6.17 Å². The Bertz CT molecular complexity index is 610. The van der Waals surface area contributed by atoms with Gasteiger partial charge in [-0.2, -0.15) is 0 Å². The number of likely N-dealkylation sites (N-methyl/N-ethyl adjacent to an activating group) is 1. The molecule has 0 saturated heterocycles. The number of anilines is 1. The van der Waals surface area contributed by atoms with Crippen LogP contribution in [-0.4, -0.2) is 40.3 Å². The predicted octanol–water partition coefficient (Wildman–Crippen LogP) is 3.11. The number of nitrogens with zero attached hydrogens (tertiary/aromatic N) is 2. The van der Waals surface area contributed by atoms with E-state index in [4.69, 9.17) is 9.47 Å². The number of allylic oxidation sites excluding steroid dienone is 3. The van der Waals surface area contributed by atoms with Gasteiger partial charge in [-0.3, -0.25) is 0 Å². The Morgan fingerprint density at radius 3 is 2.17 bits per heavy atom. The maximum absolute atomic E-state index is 5.66. The number of hydrogen-bond donors (Lipinski definition) is 1. The summed E-state index contributed by atoms with van der Waals surface area (Å²) in [6, 6.07) is 4.08. The number of hydrogen-bond acceptors (Lipinski definition) is 5. The molecule has 1 N–H and O–H groups in total. The standard InChI is InChI=1S/C18H27N3O2/c1-8-9-14-12(2)19-18(21(14)5)17-15(22-6)10-13(20(3)4)11-16(17)23-7/h8-11,18-19H,1-7H3/b9-8-. The molecule has 5 heteroatoms. The molecule has 0 bridgehead atoms. The first-order valence-electron chi connectivity index (χ1n) is 7.70. The lowest BCUT2D eigenvalue weighted by atomic mass is 10.1. The topological polar surface area (TPSA) is 37.0 Å². The number of nitrogens with one attached hydrogen (secondary N) is 1. The average molecular weight is 317 g/mol. The molecule has 0 saturated carbocycles. The van der Waals surface area contributed by atoms with Crippen molar-refractivity contribution in [1.82, 2.24) is 10.2 Å². The number of methoxy groups -OCH3 is 2. The SMILES string of the molecule is C/C=C\C1=C(C)NC(c2c(OC)cc(N(C)C)cc2OC)N1C. The van der Waals surface area contributed by atoms with Gasteiger partial charge in [0.15, 0.2) is 0 Å². The fraction of sp³-hybridized carbons (Fsp3) is 0.444. The highest BCUT2D eigenvalue weighted by Gasteiger charge is 2.31. The van der Waals surface area contributed by atoms with Crippen LogP contribution in [0.2, 0.25) is 0 Å². The summed E-state index contributed by atoms with van der Waals surface area (Å²) in [5.41, 5.74) is 4.35. The fourth-order valence-corrected chi connectivity index (χ4v) is 2.90. The van der Waals surface area contributed by atoms with Crippen molar-refractivity contribution in [2.45, 2.75) is 20.0 Å². The first-order valence-corrected chi connectivity index (χ1v) is 7.70. The zero-order valence-corrected chi connectivity index (χ0v) is 15.1. The van der Waals surface area contributed by atoms with Crippen LogP contribution < -0.4 is 19.7 Å². The molecule has 1 aromatic rings. The van der Waals surface area contributed by atoms with Gasteiger partial charge in [0.05, 0.1) is 25.5 Å². The summed E-state index contributed by atoms with van der Waals surface area (Å²) in [6.07, 6.45) is 4.13. The molecular weight excluding hydrogens is 290 g/mol. The molecule has 0 aliphatic carbocycles. The summed E-state index contributed by atoms with van der Waals surface area (Å²) in [7, 11) is 9.47. The molecule has 0 radical (unpaired) electrons. The van der Waals surface area contributed by atoms with Crippen molar-refractivity contribution in [1.29, 1.82) is 0 Å². The molecule has 126 valence electrons. The van der Waals surface area contributed by atoms with Crippen LogP contribution >= 0.6 is 0 Å². The van der Waals surface area contributed by atoms with Crippen LogP contribution in [0.1, 0.15) is 25.6 Å². The lowest BCUT2D eigenvalue weighted by molar-refractivity contribution is 0.295. The van der Waals surface area contributed by atoms with Crippen molar-refractivity contribution in [3.05, 3.63) is 41.2 Å². The summed E-state index contributed by atoms with van der Waals surface area (Å²) in [5.74, 6) is 1.62. The van der Waals surface area contributed by atoms with Gasteiger partial charge >= 0.3 is 0 Å². The Balaban J connectivity index is 2.52. The third-order valence-electron chi connectivity index (χ3n) is 4.15. The third kappa shape index (κ3) is 3.09. The summed E-state index contributed by atoms with van der Waals surface area (Å²) < 4.78 is 11.3. The highest BCUT2D eigenvalue weighted by molar-refractivity contribution is 5.61. The minimum absolute atomic E-state index is 0.0256. The van der Waals surface area contributed by atoms with Gasteiger partial charge in [0, 0.05) is 44.7 Å². The molecule has 1 aliphatic rings. The Morgan fingerprint density at radius 2 is 1.74 bits per heavy atom. The van der Waals surface area contributed by atoms with Gasteiger partial charge in [0.25, 0.3) is 0 Å². The van der Waals surface area contributed by atoms with Crippen LogP contribution in [0.3, 0.4) is 0 Å². The van der Waals surface area contributed by atoms with Gasteiger partial charge in [0.2, 0.25) is 0 Å². The normalized spacial score (nSPS) is 17.7. The quantitative estimate of drug-likeness (QED) is 0.903. The molecule has 1 heterocycles. The van der Waals surface area contributed by atoms with E-state index in [0.717, 1.165) is 28.4 Å². The molecule has 2 rings (SSSR count). The Labute approximate surface area is 139 Å². The van der Waals surface area contributed by atoms with E-state index in [0.29, 0.717) is 0 Å². The highest BCUT2D eigenvalue weighted by Crippen LogP contribution is 2.42. The largest absolute Gasteiger partial charge is 0.496 e. The van der Waals surface area contributed by atoms with E-state index in [1.165, 1.54) is 5.70 Å². The van der Waals surface area contributed by atoms with E-state index < -0.39 is 0 Å². The van der Waals surface area contributed by atoms with Crippen LogP contribution in [0, 0.1) is 0 Å². The molecule has 0 fully saturated rings. The van der Waals surface area contributed by atoms with Crippen LogP contribution in [0.15, 0.2) is 35.7 Å². The molecule has 1 atom stereocenters. The van der Waals surface area contributed by atoms with E-state index in [9.17, 15) is 0 Å². The molecule has 23 heavy (non-hydrogen) atoms. The number of rotatable bonds is 5. The van der Waals surface area contributed by atoms with E-state index in [1.54, 1.807) is 14.2 Å². The van der Waals surface area contributed by atoms with Gasteiger partial charge in [-0.25, -0.2) is 0 Å². The first-order chi connectivity index (χ1) is 10.9. The summed E-state index contributed by atoms with van der Waals surface area (Å²) in [4.78, 5) is 4.24. The summed E-state index contributed by atoms with van der Waals surface area (Å²) >= 11 is 0. The van der Waals surface area contributed by atoms with Gasteiger partial charge in [-0.1, -0.05) is 6.08 Å². The lowest BCUT2D eigenvalue weighted by Crippen LogP contribution is -2.27. The Morgan fingerprint density at radius 1 is 1.17 bits per heavy atom. The smallest absolute Gasteiger partial charge is 0.132 e. The highest BCUT2D eigenvalue weighted by atomic mass is 16.5. The minimum Gasteiger partial charge on any atom is -0.496 e. The first kappa shape index (κ1) is 17.1. The number of benzene rings is 1. The van der Waals surface area contributed by atoms with Gasteiger partial charge in [-0.05, 0) is 19.9 Å². The van der Waals surface area contributed by atoms with E-state index in [1.807, 2.05) is 44.1 Å². The van der Waals surface area contributed by atoms with Crippen molar-refractivity contribution >= 4 is 5.69 Å². The van der Waals surface area contributed by atoms with Crippen molar-refractivity contribution in [3.8, 4) is 11.5 Å². The molecule has 0 amide bonds. The van der Waals surface area contributed by atoms with Crippen molar-refractivity contribution in [2.24, 2.45) is 0 Å². The molecular formula is C18H27N3O2. The third-order valence-corrected chi connectivity index (χ3v) is 4.15. The maximum atomic E-state index is 5.66. The predicted molar refractivity (Wildman–Crippen MR) is 95.0 cm³/mol. The second kappa shape index (κ2) is 6.86. The van der Waals surface area contributed by atoms with Crippen molar-refractivity contribution in [3.63, 3.8) is 0 Å². The molecule has 1 unspecified atom stereocenters. The fourth-order valence-electron chi connectivity index (χ4n) is 2.90. The van der Waals surface area contributed by atoms with E-state index in [2.05, 4.69) is 30.3 Å². The molecule has 0 aromatic heterocycles. The Hall–Kier alpha value is -2.30. The van der Waals surface area contributed by atoms with Crippen molar-refractivity contribution in [2.75, 3.05) is 40.3 Å². The van der Waals surface area contributed by atoms with Gasteiger partial charge in [0.1, 0.15) is 17.7 Å². The van der Waals surface area contributed by atoms with Crippen LogP contribution in [0.5, 0.6) is 11.5 Å². The Kier molecular flexibility index (Phi) is 5.08. The second-order valence-corrected chi connectivity index (χ2v) is 5.83. The molecule has 1 aliphatic heterocycles. The zero-order chi connectivity index (χ0) is 17.1. The molecule has 0 spiro atoms. The van der Waals surface area contributed by atoms with Gasteiger partial charge in [-0.15, -0.1) is 0 Å². The van der Waals surface area contributed by atoms with Crippen LogP contribution in [0.4, 0.5) is 5.69 Å². The van der Waals surface area contributed by atoms with Crippen LogP contribution in [0.25, 0.3) is 0 Å². The summed E-state index contributed by atoms with van der Waals surface area (Å²) in [6.45, 7) is 4.10. The monoisotopic (exact) mass is 317 g/mol. The van der Waals surface area contributed by atoms with Crippen molar-refractivity contribution < 1.29 is 9.47 Å². The molecule has 5 nitrogen and oxygen atoms in total. The minimum atomic E-state index is -0.0256. The second-order valence-electron chi connectivity index (χ2n) is 5.83. The van der Waals surface area contributed by atoms with Gasteiger partial charge < -0.3 is 24.6 Å².